The van der Waals surface area contributed by atoms with E-state index in [9.17, 15) is 9.59 Å². The summed E-state index contributed by atoms with van der Waals surface area (Å²) in [5, 5.41) is 3.18. The molecule has 33 heavy (non-hydrogen) atoms. The van der Waals surface area contributed by atoms with E-state index < -0.39 is 5.91 Å². The predicted molar refractivity (Wildman–Crippen MR) is 129 cm³/mol. The lowest BCUT2D eigenvalue weighted by molar-refractivity contribution is -0.120. The summed E-state index contributed by atoms with van der Waals surface area (Å²) in [6, 6.07) is 21.8. The van der Waals surface area contributed by atoms with Gasteiger partial charge >= 0.3 is 0 Å². The number of rotatable bonds is 8. The van der Waals surface area contributed by atoms with E-state index >= 15 is 0 Å². The third kappa shape index (κ3) is 4.60. The second-order valence-electron chi connectivity index (χ2n) is 7.57. The Morgan fingerprint density at radius 3 is 2.12 bits per heavy atom. The van der Waals surface area contributed by atoms with Crippen molar-refractivity contribution in [1.29, 1.82) is 0 Å². The molecule has 0 unspecified atom stereocenters. The smallest absolute Gasteiger partial charge is 0.282 e. The highest BCUT2D eigenvalue weighted by Crippen LogP contribution is 2.35. The van der Waals surface area contributed by atoms with E-state index in [1.54, 1.807) is 30.3 Å². The normalized spacial score (nSPS) is 13.5. The molecule has 1 heterocycles. The molecule has 0 saturated carbocycles. The molecule has 0 radical (unpaired) electrons. The van der Waals surface area contributed by atoms with E-state index in [0.29, 0.717) is 47.2 Å². The molecule has 0 saturated heterocycles. The Labute approximate surface area is 193 Å². The number of hydrogen-bond acceptors (Lipinski definition) is 5. The van der Waals surface area contributed by atoms with E-state index in [4.69, 9.17) is 9.47 Å². The topological polar surface area (TPSA) is 67.9 Å². The number of hydrogen-bond donors (Lipinski definition) is 1. The number of anilines is 2. The van der Waals surface area contributed by atoms with Crippen LogP contribution < -0.4 is 19.7 Å². The van der Waals surface area contributed by atoms with E-state index in [1.807, 2.05) is 63.2 Å². The Morgan fingerprint density at radius 2 is 1.45 bits per heavy atom. The number of aryl methyl sites for hydroxylation is 1. The first-order valence-corrected chi connectivity index (χ1v) is 10.9. The van der Waals surface area contributed by atoms with Gasteiger partial charge in [0.1, 0.15) is 17.2 Å². The lowest BCUT2D eigenvalue weighted by atomic mass is 10.0. The first-order valence-electron chi connectivity index (χ1n) is 10.9. The van der Waals surface area contributed by atoms with Crippen LogP contribution in [-0.2, 0) is 9.59 Å². The number of ether oxygens (including phenoxy) is 2. The molecule has 2 amide bonds. The second kappa shape index (κ2) is 9.61. The first-order chi connectivity index (χ1) is 16.0. The van der Waals surface area contributed by atoms with Crippen molar-refractivity contribution in [3.8, 4) is 11.5 Å². The summed E-state index contributed by atoms with van der Waals surface area (Å²) >= 11 is 0. The lowest BCUT2D eigenvalue weighted by Crippen LogP contribution is -2.32. The molecule has 0 spiro atoms. The van der Waals surface area contributed by atoms with Gasteiger partial charge in [-0.05, 0) is 62.7 Å². The molecule has 1 N–H and O–H groups in total. The summed E-state index contributed by atoms with van der Waals surface area (Å²) in [5.74, 6) is 0.566. The van der Waals surface area contributed by atoms with Crippen LogP contribution in [0.4, 0.5) is 11.4 Å². The molecule has 1 aliphatic rings. The fourth-order valence-corrected chi connectivity index (χ4v) is 3.70. The van der Waals surface area contributed by atoms with Crippen LogP contribution in [0.15, 0.2) is 78.5 Å². The van der Waals surface area contributed by atoms with Gasteiger partial charge in [0.25, 0.3) is 11.8 Å². The summed E-state index contributed by atoms with van der Waals surface area (Å²) in [6.07, 6.45) is 0. The van der Waals surface area contributed by atoms with Crippen molar-refractivity contribution in [3.63, 3.8) is 0 Å². The van der Waals surface area contributed by atoms with Crippen LogP contribution in [0.3, 0.4) is 0 Å². The van der Waals surface area contributed by atoms with Gasteiger partial charge in [0.2, 0.25) is 0 Å². The van der Waals surface area contributed by atoms with Gasteiger partial charge in [-0.15, -0.1) is 0 Å². The van der Waals surface area contributed by atoms with Crippen LogP contribution in [0.2, 0.25) is 0 Å². The molecule has 4 rings (SSSR count). The van der Waals surface area contributed by atoms with Crippen molar-refractivity contribution >= 4 is 28.8 Å². The van der Waals surface area contributed by atoms with Crippen LogP contribution in [0, 0.1) is 6.92 Å². The van der Waals surface area contributed by atoms with Crippen molar-refractivity contribution in [2.75, 3.05) is 23.4 Å². The number of benzene rings is 3. The van der Waals surface area contributed by atoms with E-state index in [2.05, 4.69) is 5.32 Å². The molecule has 0 aliphatic carbocycles. The highest BCUT2D eigenvalue weighted by molar-refractivity contribution is 6.46. The maximum atomic E-state index is 13.5. The summed E-state index contributed by atoms with van der Waals surface area (Å²) < 4.78 is 11.1. The van der Waals surface area contributed by atoms with Crippen molar-refractivity contribution in [1.82, 2.24) is 0 Å². The van der Waals surface area contributed by atoms with Crippen molar-refractivity contribution in [2.24, 2.45) is 0 Å². The van der Waals surface area contributed by atoms with Gasteiger partial charge < -0.3 is 14.8 Å². The molecule has 0 aromatic heterocycles. The monoisotopic (exact) mass is 442 g/mol. The summed E-state index contributed by atoms with van der Waals surface area (Å²) in [7, 11) is 0. The highest BCUT2D eigenvalue weighted by atomic mass is 16.5. The Balaban J connectivity index is 1.74. The summed E-state index contributed by atoms with van der Waals surface area (Å²) in [4.78, 5) is 28.2. The Kier molecular flexibility index (Phi) is 6.45. The van der Waals surface area contributed by atoms with Gasteiger partial charge in [-0.1, -0.05) is 35.9 Å². The minimum absolute atomic E-state index is 0.228. The Hall–Kier alpha value is -4.06. The zero-order valence-electron chi connectivity index (χ0n) is 18.9. The Morgan fingerprint density at radius 1 is 0.788 bits per heavy atom. The quantitative estimate of drug-likeness (QED) is 0.487. The zero-order chi connectivity index (χ0) is 23.4. The SMILES string of the molecule is CCOc1ccc(N2C(=O)C(Nc3cccc(OCC)c3)=C(c3ccc(C)cc3)C2=O)cc1. The van der Waals surface area contributed by atoms with Crippen LogP contribution >= 0.6 is 0 Å². The van der Waals surface area contributed by atoms with Crippen LogP contribution in [0.25, 0.3) is 5.57 Å². The van der Waals surface area contributed by atoms with E-state index in [-0.39, 0.29) is 11.6 Å². The third-order valence-electron chi connectivity index (χ3n) is 5.24. The second-order valence-corrected chi connectivity index (χ2v) is 7.57. The molecule has 6 heteroatoms. The molecule has 3 aromatic carbocycles. The average molecular weight is 443 g/mol. The minimum Gasteiger partial charge on any atom is -0.494 e. The molecule has 6 nitrogen and oxygen atoms in total. The summed E-state index contributed by atoms with van der Waals surface area (Å²) in [5.41, 5.74) is 3.45. The predicted octanol–water partition coefficient (Wildman–Crippen LogP) is 5.19. The number of nitrogens with zero attached hydrogens (tertiary/aromatic N) is 1. The molecule has 0 bridgehead atoms. The molecule has 1 aliphatic heterocycles. The van der Waals surface area contributed by atoms with Crippen molar-refractivity contribution < 1.29 is 19.1 Å². The first kappa shape index (κ1) is 22.1. The maximum Gasteiger partial charge on any atom is 0.282 e. The fourth-order valence-electron chi connectivity index (χ4n) is 3.70. The molecule has 0 atom stereocenters. The maximum absolute atomic E-state index is 13.5. The van der Waals surface area contributed by atoms with Gasteiger partial charge in [-0.25, -0.2) is 4.90 Å². The van der Waals surface area contributed by atoms with E-state index in [1.165, 1.54) is 4.90 Å². The third-order valence-corrected chi connectivity index (χ3v) is 5.24. The lowest BCUT2D eigenvalue weighted by Gasteiger charge is -2.16. The van der Waals surface area contributed by atoms with Crippen molar-refractivity contribution in [2.45, 2.75) is 20.8 Å². The molecular weight excluding hydrogens is 416 g/mol. The van der Waals surface area contributed by atoms with Crippen molar-refractivity contribution in [3.05, 3.63) is 89.6 Å². The highest BCUT2D eigenvalue weighted by Gasteiger charge is 2.40. The van der Waals surface area contributed by atoms with Gasteiger partial charge in [0, 0.05) is 11.8 Å². The molecule has 3 aromatic rings. The Bertz CT molecular complexity index is 1200. The van der Waals surface area contributed by atoms with Crippen LogP contribution in [-0.4, -0.2) is 25.0 Å². The van der Waals surface area contributed by atoms with Gasteiger partial charge in [0.15, 0.2) is 0 Å². The zero-order valence-corrected chi connectivity index (χ0v) is 18.9. The van der Waals surface area contributed by atoms with Crippen LogP contribution in [0.1, 0.15) is 25.0 Å². The molecular formula is C27H26N2O4. The number of imide groups is 1. The number of nitrogens with one attached hydrogen (secondary N) is 1. The van der Waals surface area contributed by atoms with E-state index in [0.717, 1.165) is 5.56 Å². The largest absolute Gasteiger partial charge is 0.494 e. The molecule has 0 fully saturated rings. The van der Waals surface area contributed by atoms with Gasteiger partial charge in [-0.3, -0.25) is 9.59 Å². The van der Waals surface area contributed by atoms with Gasteiger partial charge in [-0.2, -0.15) is 0 Å². The number of amides is 2. The molecule has 168 valence electrons. The van der Waals surface area contributed by atoms with Crippen LogP contribution in [0.5, 0.6) is 11.5 Å². The number of carbonyl (C=O) groups is 2. The number of carbonyl (C=O) groups excluding carboxylic acids is 2. The minimum atomic E-state index is -0.415. The fraction of sp³-hybridized carbons (Fsp3) is 0.185. The summed E-state index contributed by atoms with van der Waals surface area (Å²) in [6.45, 7) is 6.85. The van der Waals surface area contributed by atoms with Gasteiger partial charge in [0.05, 0.1) is 24.5 Å². The average Bonchev–Trinajstić information content (AvgIpc) is 3.05. The standard InChI is InChI=1S/C27H26N2O4/c1-4-32-22-15-13-21(14-16-22)29-26(30)24(19-11-9-18(3)10-12-19)25(27(29)31)28-20-7-6-8-23(17-20)33-5-2/h6-17,28H,4-5H2,1-3H3.